The highest BCUT2D eigenvalue weighted by molar-refractivity contribution is 5.50. The van der Waals surface area contributed by atoms with Crippen LogP contribution in [0.5, 0.6) is 0 Å². The Morgan fingerprint density at radius 3 is 2.62 bits per heavy atom. The molecule has 5 heteroatoms. The summed E-state index contributed by atoms with van der Waals surface area (Å²) in [6.07, 6.45) is 3.51. The fourth-order valence-electron chi connectivity index (χ4n) is 1.28. The fraction of sp³-hybridized carbons (Fsp3) is 0.0909. The normalized spacial score (nSPS) is 9.75. The maximum absolute atomic E-state index is 12.7. The molecule has 4 nitrogen and oxygen atoms in total. The molecule has 0 saturated carbocycles. The van der Waals surface area contributed by atoms with Crippen LogP contribution in [-0.2, 0) is 6.54 Å². The molecule has 16 heavy (non-hydrogen) atoms. The van der Waals surface area contributed by atoms with Crippen LogP contribution in [-0.4, -0.2) is 5.16 Å². The summed E-state index contributed by atoms with van der Waals surface area (Å²) in [5, 5.41) is 12.5. The first-order valence-electron chi connectivity index (χ1n) is 4.62. The number of rotatable bonds is 3. The van der Waals surface area contributed by atoms with E-state index in [1.54, 1.807) is 6.07 Å². The van der Waals surface area contributed by atoms with Crippen molar-refractivity contribution < 1.29 is 8.91 Å². The summed E-state index contributed by atoms with van der Waals surface area (Å²) in [5.41, 5.74) is 0.611. The van der Waals surface area contributed by atoms with Gasteiger partial charge in [0.05, 0.1) is 18.4 Å². The molecule has 0 bridgehead atoms. The Hall–Kier alpha value is -2.35. The van der Waals surface area contributed by atoms with Gasteiger partial charge in [0.1, 0.15) is 5.82 Å². The van der Waals surface area contributed by atoms with Gasteiger partial charge in [-0.05, 0) is 24.3 Å². The summed E-state index contributed by atoms with van der Waals surface area (Å²) in [5.74, 6) is 0.243. The summed E-state index contributed by atoms with van der Waals surface area (Å²) in [7, 11) is 0. The number of benzene rings is 1. The van der Waals surface area contributed by atoms with E-state index in [-0.39, 0.29) is 12.4 Å². The molecule has 0 aliphatic carbocycles. The first kappa shape index (κ1) is 10.2. The van der Waals surface area contributed by atoms with E-state index in [0.29, 0.717) is 11.4 Å². The highest BCUT2D eigenvalue weighted by atomic mass is 19.1. The number of anilines is 1. The zero-order valence-electron chi connectivity index (χ0n) is 8.30. The average molecular weight is 217 g/mol. The summed E-state index contributed by atoms with van der Waals surface area (Å²) < 4.78 is 17.6. The number of halogens is 1. The van der Waals surface area contributed by atoms with Crippen LogP contribution in [0.2, 0.25) is 0 Å². The van der Waals surface area contributed by atoms with Crippen LogP contribution in [0.3, 0.4) is 0 Å². The lowest BCUT2D eigenvalue weighted by atomic mass is 10.3. The van der Waals surface area contributed by atoms with Crippen molar-refractivity contribution in [3.05, 3.63) is 48.1 Å². The van der Waals surface area contributed by atoms with Crippen LogP contribution >= 0.6 is 0 Å². The minimum Gasteiger partial charge on any atom is -0.359 e. The van der Waals surface area contributed by atoms with Gasteiger partial charge in [0.25, 0.3) is 0 Å². The summed E-state index contributed by atoms with van der Waals surface area (Å²) in [6, 6.07) is 7.36. The van der Waals surface area contributed by atoms with Gasteiger partial charge in [0, 0.05) is 6.07 Å². The molecule has 2 aromatic rings. The lowest BCUT2D eigenvalue weighted by Crippen LogP contribution is -2.15. The van der Waals surface area contributed by atoms with Crippen LogP contribution in [0.15, 0.2) is 41.1 Å². The average Bonchev–Trinajstić information content (AvgIpc) is 2.80. The van der Waals surface area contributed by atoms with E-state index in [9.17, 15) is 4.39 Å². The highest BCUT2D eigenvalue weighted by Gasteiger charge is 2.08. The van der Waals surface area contributed by atoms with Crippen molar-refractivity contribution in [2.75, 3.05) is 4.90 Å². The van der Waals surface area contributed by atoms with Gasteiger partial charge >= 0.3 is 0 Å². The van der Waals surface area contributed by atoms with Crippen molar-refractivity contribution in [1.82, 2.24) is 5.16 Å². The van der Waals surface area contributed by atoms with E-state index in [0.717, 1.165) is 0 Å². The molecule has 0 aliphatic heterocycles. The molecule has 0 spiro atoms. The van der Waals surface area contributed by atoms with Crippen molar-refractivity contribution in [3.8, 4) is 6.19 Å². The molecule has 0 atom stereocenters. The third-order valence-electron chi connectivity index (χ3n) is 2.06. The molecule has 0 amide bonds. The molecule has 0 radical (unpaired) electrons. The largest absolute Gasteiger partial charge is 0.359 e. The first-order chi connectivity index (χ1) is 7.79. The predicted molar refractivity (Wildman–Crippen MR) is 54.7 cm³/mol. The lowest BCUT2D eigenvalue weighted by Gasteiger charge is -2.13. The Kier molecular flexibility index (Phi) is 2.83. The minimum absolute atomic E-state index is 0.280. The molecule has 0 unspecified atom stereocenters. The molecule has 2 rings (SSSR count). The second kappa shape index (κ2) is 4.45. The molecular weight excluding hydrogens is 209 g/mol. The SMILES string of the molecule is N#CN(Cc1ccno1)c1ccc(F)cc1. The highest BCUT2D eigenvalue weighted by Crippen LogP contribution is 2.16. The Bertz CT molecular complexity index is 487. The zero-order valence-corrected chi connectivity index (χ0v) is 8.30. The van der Waals surface area contributed by atoms with Gasteiger partial charge in [-0.25, -0.2) is 4.39 Å². The van der Waals surface area contributed by atoms with Crippen LogP contribution < -0.4 is 4.90 Å². The summed E-state index contributed by atoms with van der Waals surface area (Å²) in [6.45, 7) is 0.280. The molecule has 0 fully saturated rings. The van der Waals surface area contributed by atoms with Gasteiger partial charge in [-0.1, -0.05) is 5.16 Å². The van der Waals surface area contributed by atoms with Crippen molar-refractivity contribution in [2.45, 2.75) is 6.54 Å². The Balaban J connectivity index is 2.17. The van der Waals surface area contributed by atoms with Gasteiger partial charge in [-0.3, -0.25) is 4.90 Å². The van der Waals surface area contributed by atoms with Gasteiger partial charge in [-0.15, -0.1) is 0 Å². The fourth-order valence-corrected chi connectivity index (χ4v) is 1.28. The van der Waals surface area contributed by atoms with Crippen molar-refractivity contribution in [3.63, 3.8) is 0 Å². The molecule has 0 aliphatic rings. The molecule has 1 aromatic carbocycles. The number of hydrogen-bond donors (Lipinski definition) is 0. The zero-order chi connectivity index (χ0) is 11.4. The van der Waals surface area contributed by atoms with Crippen molar-refractivity contribution >= 4 is 5.69 Å². The Labute approximate surface area is 91.5 Å². The smallest absolute Gasteiger partial charge is 0.184 e. The third-order valence-corrected chi connectivity index (χ3v) is 2.06. The molecule has 80 valence electrons. The van der Waals surface area contributed by atoms with Gasteiger partial charge < -0.3 is 4.52 Å². The first-order valence-corrected chi connectivity index (χ1v) is 4.62. The van der Waals surface area contributed by atoms with Crippen LogP contribution in [0.25, 0.3) is 0 Å². The Morgan fingerprint density at radius 2 is 2.06 bits per heavy atom. The number of nitriles is 1. The van der Waals surface area contributed by atoms with E-state index in [2.05, 4.69) is 5.16 Å². The van der Waals surface area contributed by atoms with Crippen molar-refractivity contribution in [2.24, 2.45) is 0 Å². The molecule has 1 heterocycles. The minimum atomic E-state index is -0.332. The van der Waals surface area contributed by atoms with Crippen LogP contribution in [0.1, 0.15) is 5.76 Å². The van der Waals surface area contributed by atoms with E-state index in [1.807, 2.05) is 6.19 Å². The second-order valence-electron chi connectivity index (χ2n) is 3.14. The lowest BCUT2D eigenvalue weighted by molar-refractivity contribution is 0.384. The maximum Gasteiger partial charge on any atom is 0.184 e. The maximum atomic E-state index is 12.7. The molecular formula is C11H8FN3O. The van der Waals surface area contributed by atoms with Gasteiger partial charge in [-0.2, -0.15) is 5.26 Å². The molecule has 0 saturated heterocycles. The second-order valence-corrected chi connectivity index (χ2v) is 3.14. The number of nitrogens with zero attached hydrogens (tertiary/aromatic N) is 3. The molecule has 0 N–H and O–H groups in total. The quantitative estimate of drug-likeness (QED) is 0.584. The van der Waals surface area contributed by atoms with E-state index in [1.165, 1.54) is 35.4 Å². The molecule has 1 aromatic heterocycles. The predicted octanol–water partition coefficient (Wildman–Crippen LogP) is 2.30. The third kappa shape index (κ3) is 2.17. The summed E-state index contributed by atoms with van der Waals surface area (Å²) in [4.78, 5) is 1.39. The van der Waals surface area contributed by atoms with Gasteiger partial charge in [0.15, 0.2) is 12.0 Å². The van der Waals surface area contributed by atoms with E-state index in [4.69, 9.17) is 9.78 Å². The standard InChI is InChI=1S/C11H8FN3O/c12-9-1-3-10(4-2-9)15(8-13)7-11-5-6-14-16-11/h1-6H,7H2. The van der Waals surface area contributed by atoms with Gasteiger partial charge in [0.2, 0.25) is 0 Å². The summed E-state index contributed by atoms with van der Waals surface area (Å²) >= 11 is 0. The number of aromatic nitrogens is 1. The topological polar surface area (TPSA) is 53.1 Å². The monoisotopic (exact) mass is 217 g/mol. The number of hydrogen-bond acceptors (Lipinski definition) is 4. The van der Waals surface area contributed by atoms with Crippen molar-refractivity contribution in [1.29, 1.82) is 5.26 Å². The Morgan fingerprint density at radius 1 is 1.31 bits per heavy atom. The van der Waals surface area contributed by atoms with Crippen LogP contribution in [0, 0.1) is 17.3 Å². The van der Waals surface area contributed by atoms with E-state index < -0.39 is 0 Å². The van der Waals surface area contributed by atoms with Crippen LogP contribution in [0.4, 0.5) is 10.1 Å². The van der Waals surface area contributed by atoms with E-state index >= 15 is 0 Å².